The average molecular weight is 369 g/mol. The first kappa shape index (κ1) is 18.1. The molecule has 1 atom stereocenters. The molecule has 3 rings (SSSR count). The van der Waals surface area contributed by atoms with Crippen LogP contribution in [0.3, 0.4) is 0 Å². The molecule has 0 saturated carbocycles. The van der Waals surface area contributed by atoms with Crippen LogP contribution in [-0.4, -0.2) is 13.0 Å². The first-order valence-electron chi connectivity index (χ1n) is 8.34. The Morgan fingerprint density at radius 1 is 1.12 bits per heavy atom. The summed E-state index contributed by atoms with van der Waals surface area (Å²) < 4.78 is 18.4. The van der Waals surface area contributed by atoms with Crippen LogP contribution in [0, 0.1) is 5.82 Å². The molecule has 0 saturated heterocycles. The summed E-state index contributed by atoms with van der Waals surface area (Å²) >= 11 is 1.62. The molecule has 0 aliphatic carbocycles. The predicted octanol–water partition coefficient (Wildman–Crippen LogP) is 4.54. The van der Waals surface area contributed by atoms with Crippen molar-refractivity contribution in [3.8, 4) is 5.75 Å². The summed E-state index contributed by atoms with van der Waals surface area (Å²) in [6.45, 7) is 0.435. The van der Waals surface area contributed by atoms with Crippen LogP contribution in [0.2, 0.25) is 0 Å². The minimum absolute atomic E-state index is 0.0687. The van der Waals surface area contributed by atoms with Gasteiger partial charge in [-0.05, 0) is 53.3 Å². The molecule has 0 spiro atoms. The highest BCUT2D eigenvalue weighted by atomic mass is 32.1. The van der Waals surface area contributed by atoms with Gasteiger partial charge < -0.3 is 10.1 Å². The van der Waals surface area contributed by atoms with Gasteiger partial charge in [0.1, 0.15) is 11.6 Å². The normalized spacial score (nSPS) is 11.8. The molecule has 1 amide bonds. The zero-order valence-corrected chi connectivity index (χ0v) is 15.3. The molecule has 0 fully saturated rings. The van der Waals surface area contributed by atoms with E-state index in [4.69, 9.17) is 4.74 Å². The molecule has 1 N–H and O–H groups in total. The maximum atomic E-state index is 13.3. The van der Waals surface area contributed by atoms with Crippen molar-refractivity contribution < 1.29 is 13.9 Å². The van der Waals surface area contributed by atoms with Gasteiger partial charge >= 0.3 is 0 Å². The van der Waals surface area contributed by atoms with Gasteiger partial charge in [-0.1, -0.05) is 30.3 Å². The molecule has 0 radical (unpaired) electrons. The Balaban J connectivity index is 1.72. The molecule has 1 heterocycles. The standard InChI is InChI=1S/C21H20FNO2S/c1-25-18-10-4-15(5-11-18)14-23-21(24)20(13-19-3-2-12-26-19)16-6-8-17(22)9-7-16/h2-12,20H,13-14H2,1H3,(H,23,24). The molecule has 134 valence electrons. The van der Waals surface area contributed by atoms with Crippen LogP contribution in [0.1, 0.15) is 21.9 Å². The number of amides is 1. The minimum Gasteiger partial charge on any atom is -0.497 e. The Hall–Kier alpha value is -2.66. The van der Waals surface area contributed by atoms with Gasteiger partial charge in [-0.3, -0.25) is 4.79 Å². The fourth-order valence-corrected chi connectivity index (χ4v) is 3.49. The second-order valence-corrected chi connectivity index (χ2v) is 6.99. The summed E-state index contributed by atoms with van der Waals surface area (Å²) in [6, 6.07) is 17.7. The maximum Gasteiger partial charge on any atom is 0.228 e. The van der Waals surface area contributed by atoms with Crippen LogP contribution < -0.4 is 10.1 Å². The fourth-order valence-electron chi connectivity index (χ4n) is 2.74. The second-order valence-electron chi connectivity index (χ2n) is 5.95. The molecule has 3 aromatic rings. The average Bonchev–Trinajstić information content (AvgIpc) is 3.19. The van der Waals surface area contributed by atoms with E-state index >= 15 is 0 Å². The molecular weight excluding hydrogens is 349 g/mol. The van der Waals surface area contributed by atoms with Gasteiger partial charge in [0.05, 0.1) is 13.0 Å². The third-order valence-corrected chi connectivity index (χ3v) is 5.10. The van der Waals surface area contributed by atoms with Crippen molar-refractivity contribution in [3.63, 3.8) is 0 Å². The SMILES string of the molecule is COc1ccc(CNC(=O)C(Cc2cccs2)c2ccc(F)cc2)cc1. The van der Waals surface area contributed by atoms with Gasteiger partial charge in [-0.2, -0.15) is 0 Å². The van der Waals surface area contributed by atoms with Gasteiger partial charge in [0.15, 0.2) is 0 Å². The van der Waals surface area contributed by atoms with Crippen LogP contribution in [0.25, 0.3) is 0 Å². The Morgan fingerprint density at radius 2 is 1.85 bits per heavy atom. The Morgan fingerprint density at radius 3 is 2.46 bits per heavy atom. The number of halogens is 1. The quantitative estimate of drug-likeness (QED) is 0.664. The van der Waals surface area contributed by atoms with E-state index in [1.807, 2.05) is 41.8 Å². The number of rotatable bonds is 7. The van der Waals surface area contributed by atoms with Crippen molar-refractivity contribution in [1.82, 2.24) is 5.32 Å². The largest absolute Gasteiger partial charge is 0.497 e. The van der Waals surface area contributed by atoms with Crippen LogP contribution in [-0.2, 0) is 17.8 Å². The van der Waals surface area contributed by atoms with Gasteiger partial charge in [-0.25, -0.2) is 4.39 Å². The topological polar surface area (TPSA) is 38.3 Å². The molecule has 0 aliphatic heterocycles. The Bertz CT molecular complexity index is 829. The zero-order chi connectivity index (χ0) is 18.4. The van der Waals surface area contributed by atoms with Crippen molar-refractivity contribution in [2.24, 2.45) is 0 Å². The van der Waals surface area contributed by atoms with Crippen LogP contribution in [0.5, 0.6) is 5.75 Å². The first-order valence-corrected chi connectivity index (χ1v) is 9.22. The third kappa shape index (κ3) is 4.70. The van der Waals surface area contributed by atoms with Gasteiger partial charge in [-0.15, -0.1) is 11.3 Å². The molecule has 5 heteroatoms. The van der Waals surface area contributed by atoms with E-state index in [1.165, 1.54) is 12.1 Å². The summed E-state index contributed by atoms with van der Waals surface area (Å²) in [4.78, 5) is 14.0. The number of nitrogens with one attached hydrogen (secondary N) is 1. The van der Waals surface area contributed by atoms with E-state index in [0.717, 1.165) is 21.8 Å². The number of carbonyl (C=O) groups is 1. The highest BCUT2D eigenvalue weighted by molar-refractivity contribution is 7.09. The van der Waals surface area contributed by atoms with Gasteiger partial charge in [0.2, 0.25) is 5.91 Å². The number of methoxy groups -OCH3 is 1. The molecular formula is C21H20FNO2S. The maximum absolute atomic E-state index is 13.3. The highest BCUT2D eigenvalue weighted by Crippen LogP contribution is 2.24. The van der Waals surface area contributed by atoms with Crippen LogP contribution in [0.15, 0.2) is 66.0 Å². The number of carbonyl (C=O) groups excluding carboxylic acids is 1. The zero-order valence-electron chi connectivity index (χ0n) is 14.4. The second kappa shape index (κ2) is 8.63. The number of hydrogen-bond donors (Lipinski definition) is 1. The van der Waals surface area contributed by atoms with E-state index in [9.17, 15) is 9.18 Å². The van der Waals surface area contributed by atoms with Gasteiger partial charge in [0, 0.05) is 11.4 Å². The lowest BCUT2D eigenvalue weighted by Crippen LogP contribution is -2.30. The van der Waals surface area contributed by atoms with E-state index < -0.39 is 0 Å². The monoisotopic (exact) mass is 369 g/mol. The van der Waals surface area contributed by atoms with Crippen molar-refractivity contribution >= 4 is 17.2 Å². The number of ether oxygens (including phenoxy) is 1. The Labute approximate surface area is 156 Å². The van der Waals surface area contributed by atoms with Gasteiger partial charge in [0.25, 0.3) is 0 Å². The summed E-state index contributed by atoms with van der Waals surface area (Å²) in [5.74, 6) is 0.0533. The molecule has 0 aliphatic rings. The minimum atomic E-state index is -0.354. The summed E-state index contributed by atoms with van der Waals surface area (Å²) in [5, 5.41) is 4.99. The molecule has 0 bridgehead atoms. The Kier molecular flexibility index (Phi) is 6.02. The highest BCUT2D eigenvalue weighted by Gasteiger charge is 2.21. The summed E-state index contributed by atoms with van der Waals surface area (Å²) in [6.07, 6.45) is 0.595. The van der Waals surface area contributed by atoms with Crippen molar-refractivity contribution in [1.29, 1.82) is 0 Å². The lowest BCUT2D eigenvalue weighted by atomic mass is 9.94. The third-order valence-electron chi connectivity index (χ3n) is 4.20. The molecule has 26 heavy (non-hydrogen) atoms. The molecule has 2 aromatic carbocycles. The molecule has 1 aromatic heterocycles. The summed E-state index contributed by atoms with van der Waals surface area (Å²) in [5.41, 5.74) is 1.81. The van der Waals surface area contributed by atoms with E-state index in [0.29, 0.717) is 13.0 Å². The smallest absolute Gasteiger partial charge is 0.228 e. The van der Waals surface area contributed by atoms with Crippen molar-refractivity contribution in [3.05, 3.63) is 87.9 Å². The molecule has 1 unspecified atom stereocenters. The van der Waals surface area contributed by atoms with Crippen molar-refractivity contribution in [2.75, 3.05) is 7.11 Å². The number of thiophene rings is 1. The van der Waals surface area contributed by atoms with E-state index in [2.05, 4.69) is 5.32 Å². The first-order chi connectivity index (χ1) is 12.7. The van der Waals surface area contributed by atoms with E-state index in [1.54, 1.807) is 30.6 Å². The fraction of sp³-hybridized carbons (Fsp3) is 0.190. The van der Waals surface area contributed by atoms with Crippen molar-refractivity contribution in [2.45, 2.75) is 18.9 Å². The van der Waals surface area contributed by atoms with Crippen LogP contribution >= 0.6 is 11.3 Å². The lowest BCUT2D eigenvalue weighted by molar-refractivity contribution is -0.122. The van der Waals surface area contributed by atoms with E-state index in [-0.39, 0.29) is 17.6 Å². The summed E-state index contributed by atoms with van der Waals surface area (Å²) in [7, 11) is 1.62. The van der Waals surface area contributed by atoms with Crippen LogP contribution in [0.4, 0.5) is 4.39 Å². The lowest BCUT2D eigenvalue weighted by Gasteiger charge is -2.17. The predicted molar refractivity (Wildman–Crippen MR) is 102 cm³/mol. The number of hydrogen-bond acceptors (Lipinski definition) is 3. The molecule has 3 nitrogen and oxygen atoms in total. The number of benzene rings is 2.